The summed E-state index contributed by atoms with van der Waals surface area (Å²) in [6.45, 7) is 0. The lowest BCUT2D eigenvalue weighted by Crippen LogP contribution is -2.03. The number of hydrogen-bond acceptors (Lipinski definition) is 2. The quantitative estimate of drug-likeness (QED) is 0.782. The molecule has 0 fully saturated rings. The van der Waals surface area contributed by atoms with Crippen molar-refractivity contribution in [3.63, 3.8) is 0 Å². The van der Waals surface area contributed by atoms with Gasteiger partial charge in [0.05, 0.1) is 16.6 Å². The number of aliphatic hydroxyl groups excluding tert-OH is 1. The second-order valence-corrected chi connectivity index (χ2v) is 5.29. The number of halogens is 2. The number of benzene rings is 2. The van der Waals surface area contributed by atoms with Gasteiger partial charge in [-0.05, 0) is 35.4 Å². The fourth-order valence-corrected chi connectivity index (χ4v) is 2.53. The molecule has 21 heavy (non-hydrogen) atoms. The van der Waals surface area contributed by atoms with Crippen molar-refractivity contribution in [2.75, 3.05) is 0 Å². The first-order valence-electron chi connectivity index (χ1n) is 6.61. The van der Waals surface area contributed by atoms with Crippen molar-refractivity contribution in [3.05, 3.63) is 76.7 Å². The van der Waals surface area contributed by atoms with Crippen molar-refractivity contribution in [2.45, 2.75) is 12.5 Å². The number of fused-ring (bicyclic) bond motifs is 1. The van der Waals surface area contributed by atoms with Gasteiger partial charge < -0.3 is 5.11 Å². The minimum Gasteiger partial charge on any atom is -0.388 e. The van der Waals surface area contributed by atoms with Crippen LogP contribution in [-0.4, -0.2) is 10.1 Å². The maximum atomic E-state index is 13.5. The first-order valence-corrected chi connectivity index (χ1v) is 6.98. The zero-order valence-electron chi connectivity index (χ0n) is 11.1. The normalized spacial score (nSPS) is 12.5. The lowest BCUT2D eigenvalue weighted by molar-refractivity contribution is 0.180. The molecule has 0 aliphatic carbocycles. The van der Waals surface area contributed by atoms with Crippen molar-refractivity contribution in [2.24, 2.45) is 0 Å². The predicted molar refractivity (Wildman–Crippen MR) is 81.8 cm³/mol. The summed E-state index contributed by atoms with van der Waals surface area (Å²) in [5.74, 6) is -0.471. The molecule has 3 aromatic rings. The van der Waals surface area contributed by atoms with E-state index in [0.717, 1.165) is 16.5 Å². The van der Waals surface area contributed by atoms with Gasteiger partial charge in [0.1, 0.15) is 5.82 Å². The van der Waals surface area contributed by atoms with Crippen molar-refractivity contribution < 1.29 is 9.50 Å². The first kappa shape index (κ1) is 14.0. The Kier molecular flexibility index (Phi) is 3.86. The summed E-state index contributed by atoms with van der Waals surface area (Å²) in [4.78, 5) is 4.27. The number of aromatic nitrogens is 1. The topological polar surface area (TPSA) is 33.1 Å². The molecule has 1 unspecified atom stereocenters. The maximum absolute atomic E-state index is 13.5. The Morgan fingerprint density at radius 1 is 1.14 bits per heavy atom. The molecular formula is C17H13ClFNO. The highest BCUT2D eigenvalue weighted by Crippen LogP contribution is 2.26. The zero-order valence-corrected chi connectivity index (χ0v) is 11.9. The zero-order chi connectivity index (χ0) is 14.8. The van der Waals surface area contributed by atoms with Crippen LogP contribution in [0, 0.1) is 5.82 Å². The smallest absolute Gasteiger partial charge is 0.142 e. The van der Waals surface area contributed by atoms with E-state index in [1.807, 2.05) is 24.3 Å². The summed E-state index contributed by atoms with van der Waals surface area (Å²) in [5, 5.41) is 11.4. The molecule has 0 saturated carbocycles. The SMILES string of the molecule is OC(Cc1ccc(Cl)c(F)c1)c1ccnc2ccccc12. The first-order chi connectivity index (χ1) is 10.1. The second kappa shape index (κ2) is 5.80. The summed E-state index contributed by atoms with van der Waals surface area (Å²) >= 11 is 5.67. The van der Waals surface area contributed by atoms with Gasteiger partial charge in [0, 0.05) is 18.0 Å². The summed E-state index contributed by atoms with van der Waals surface area (Å²) in [5.41, 5.74) is 2.32. The van der Waals surface area contributed by atoms with E-state index in [1.165, 1.54) is 12.1 Å². The largest absolute Gasteiger partial charge is 0.388 e. The van der Waals surface area contributed by atoms with Crippen LogP contribution >= 0.6 is 11.6 Å². The van der Waals surface area contributed by atoms with Gasteiger partial charge in [-0.2, -0.15) is 0 Å². The maximum Gasteiger partial charge on any atom is 0.142 e. The van der Waals surface area contributed by atoms with Gasteiger partial charge in [-0.1, -0.05) is 35.9 Å². The van der Waals surface area contributed by atoms with Crippen LogP contribution in [0.25, 0.3) is 10.9 Å². The average molecular weight is 302 g/mol. The van der Waals surface area contributed by atoms with Crippen molar-refractivity contribution in [3.8, 4) is 0 Å². The Morgan fingerprint density at radius 3 is 2.76 bits per heavy atom. The van der Waals surface area contributed by atoms with Crippen LogP contribution in [0.5, 0.6) is 0 Å². The predicted octanol–water partition coefficient (Wildman–Crippen LogP) is 4.30. The van der Waals surface area contributed by atoms with Gasteiger partial charge in [-0.25, -0.2) is 4.39 Å². The monoisotopic (exact) mass is 301 g/mol. The molecule has 0 aliphatic heterocycles. The van der Waals surface area contributed by atoms with E-state index in [1.54, 1.807) is 18.3 Å². The molecule has 3 rings (SSSR count). The van der Waals surface area contributed by atoms with Crippen LogP contribution in [0.1, 0.15) is 17.2 Å². The molecule has 1 heterocycles. The standard InChI is InChI=1S/C17H13ClFNO/c18-14-6-5-11(9-15(14)19)10-17(21)13-7-8-20-16-4-2-1-3-12(13)16/h1-9,17,21H,10H2. The van der Waals surface area contributed by atoms with E-state index in [-0.39, 0.29) is 5.02 Å². The van der Waals surface area contributed by atoms with Crippen LogP contribution in [0.3, 0.4) is 0 Å². The van der Waals surface area contributed by atoms with Gasteiger partial charge in [0.2, 0.25) is 0 Å². The van der Waals surface area contributed by atoms with Gasteiger partial charge in [-0.15, -0.1) is 0 Å². The van der Waals surface area contributed by atoms with Crippen molar-refractivity contribution in [1.29, 1.82) is 0 Å². The number of para-hydroxylation sites is 1. The van der Waals surface area contributed by atoms with E-state index >= 15 is 0 Å². The van der Waals surface area contributed by atoms with Gasteiger partial charge in [0.15, 0.2) is 0 Å². The molecule has 0 amide bonds. The molecule has 1 aromatic heterocycles. The third kappa shape index (κ3) is 2.89. The summed E-state index contributed by atoms with van der Waals surface area (Å²) in [6, 6.07) is 14.0. The molecule has 1 atom stereocenters. The number of rotatable bonds is 3. The Bertz CT molecular complexity index is 785. The van der Waals surface area contributed by atoms with E-state index in [2.05, 4.69) is 4.98 Å². The lowest BCUT2D eigenvalue weighted by Gasteiger charge is -2.13. The average Bonchev–Trinajstić information content (AvgIpc) is 2.50. The number of aliphatic hydroxyl groups is 1. The van der Waals surface area contributed by atoms with Crippen LogP contribution in [0.15, 0.2) is 54.7 Å². The van der Waals surface area contributed by atoms with Crippen LogP contribution in [-0.2, 0) is 6.42 Å². The van der Waals surface area contributed by atoms with Crippen LogP contribution in [0.2, 0.25) is 5.02 Å². The van der Waals surface area contributed by atoms with Crippen LogP contribution in [0.4, 0.5) is 4.39 Å². The highest BCUT2D eigenvalue weighted by molar-refractivity contribution is 6.30. The molecule has 106 valence electrons. The fourth-order valence-electron chi connectivity index (χ4n) is 2.41. The Balaban J connectivity index is 1.93. The minimum absolute atomic E-state index is 0.0857. The van der Waals surface area contributed by atoms with E-state index in [4.69, 9.17) is 11.6 Å². The number of nitrogens with zero attached hydrogens (tertiary/aromatic N) is 1. The highest BCUT2D eigenvalue weighted by atomic mass is 35.5. The van der Waals surface area contributed by atoms with Crippen LogP contribution < -0.4 is 0 Å². The molecule has 2 nitrogen and oxygen atoms in total. The number of hydrogen-bond donors (Lipinski definition) is 1. The Morgan fingerprint density at radius 2 is 1.95 bits per heavy atom. The molecule has 0 radical (unpaired) electrons. The number of pyridine rings is 1. The minimum atomic E-state index is -0.724. The van der Waals surface area contributed by atoms with Crippen molar-refractivity contribution in [1.82, 2.24) is 4.98 Å². The highest BCUT2D eigenvalue weighted by Gasteiger charge is 2.13. The van der Waals surface area contributed by atoms with Crippen molar-refractivity contribution >= 4 is 22.5 Å². The molecule has 0 bridgehead atoms. The van der Waals surface area contributed by atoms with Gasteiger partial charge >= 0.3 is 0 Å². The summed E-state index contributed by atoms with van der Waals surface area (Å²) in [6.07, 6.45) is 1.27. The third-order valence-electron chi connectivity index (χ3n) is 3.45. The fraction of sp³-hybridized carbons (Fsp3) is 0.118. The van der Waals surface area contributed by atoms with E-state index in [0.29, 0.717) is 12.0 Å². The molecule has 0 spiro atoms. The lowest BCUT2D eigenvalue weighted by atomic mass is 9.98. The molecule has 1 N–H and O–H groups in total. The van der Waals surface area contributed by atoms with E-state index < -0.39 is 11.9 Å². The van der Waals surface area contributed by atoms with Gasteiger partial charge in [0.25, 0.3) is 0 Å². The Hall–Kier alpha value is -1.97. The molecule has 0 saturated heterocycles. The molecule has 4 heteroatoms. The molecular weight excluding hydrogens is 289 g/mol. The summed E-state index contributed by atoms with van der Waals surface area (Å²) < 4.78 is 13.5. The second-order valence-electron chi connectivity index (χ2n) is 4.89. The molecule has 0 aliphatic rings. The molecule has 2 aromatic carbocycles. The summed E-state index contributed by atoms with van der Waals surface area (Å²) in [7, 11) is 0. The van der Waals surface area contributed by atoms with Gasteiger partial charge in [-0.3, -0.25) is 4.98 Å². The third-order valence-corrected chi connectivity index (χ3v) is 3.76. The Labute approximate surface area is 126 Å². The van der Waals surface area contributed by atoms with E-state index in [9.17, 15) is 9.50 Å².